The first-order valence-corrected chi connectivity index (χ1v) is 7.00. The van der Waals surface area contributed by atoms with Gasteiger partial charge >= 0.3 is 0 Å². The number of rotatable bonds is 3. The van der Waals surface area contributed by atoms with Gasteiger partial charge in [0, 0.05) is 47.7 Å². The van der Waals surface area contributed by atoms with Gasteiger partial charge in [0.15, 0.2) is 0 Å². The van der Waals surface area contributed by atoms with Crippen molar-refractivity contribution in [2.75, 3.05) is 24.5 Å². The molecule has 104 valence electrons. The maximum atomic E-state index is 8.66. The van der Waals surface area contributed by atoms with Gasteiger partial charge in [-0.1, -0.05) is 35.5 Å². The van der Waals surface area contributed by atoms with Gasteiger partial charge in [-0.2, -0.15) is 0 Å². The zero-order valence-electron chi connectivity index (χ0n) is 11.6. The van der Waals surface area contributed by atoms with Crippen LogP contribution in [0.3, 0.4) is 0 Å². The largest absolute Gasteiger partial charge is 0.369 e. The molecule has 20 heavy (non-hydrogen) atoms. The predicted molar refractivity (Wildman–Crippen MR) is 80.6 cm³/mol. The van der Waals surface area contributed by atoms with Crippen LogP contribution in [0.25, 0.3) is 10.4 Å². The van der Waals surface area contributed by atoms with Crippen molar-refractivity contribution in [1.29, 1.82) is 0 Å². The molecule has 0 unspecified atom stereocenters. The van der Waals surface area contributed by atoms with Crippen LogP contribution < -0.4 is 10.2 Å². The van der Waals surface area contributed by atoms with Crippen LogP contribution in [0.5, 0.6) is 0 Å². The second kappa shape index (κ2) is 5.19. The van der Waals surface area contributed by atoms with E-state index in [2.05, 4.69) is 63.6 Å². The van der Waals surface area contributed by atoms with Crippen LogP contribution in [0.4, 0.5) is 5.69 Å². The van der Waals surface area contributed by atoms with Crippen molar-refractivity contribution in [3.63, 3.8) is 0 Å². The van der Waals surface area contributed by atoms with Crippen molar-refractivity contribution >= 4 is 5.69 Å². The summed E-state index contributed by atoms with van der Waals surface area (Å²) in [6, 6.07) is 10.7. The lowest BCUT2D eigenvalue weighted by Gasteiger charge is -2.38. The molecule has 5 heteroatoms. The van der Waals surface area contributed by atoms with E-state index in [-0.39, 0.29) is 5.54 Å². The molecule has 1 N–H and O–H groups in total. The van der Waals surface area contributed by atoms with E-state index in [0.717, 1.165) is 13.1 Å². The normalized spacial score (nSPS) is 31.8. The van der Waals surface area contributed by atoms with Crippen LogP contribution in [0, 0.1) is 5.92 Å². The van der Waals surface area contributed by atoms with Crippen LogP contribution in [-0.4, -0.2) is 31.2 Å². The fourth-order valence-electron chi connectivity index (χ4n) is 3.34. The quantitative estimate of drug-likeness (QED) is 0.397. The Bertz CT molecular complexity index is 549. The van der Waals surface area contributed by atoms with E-state index >= 15 is 0 Å². The first kappa shape index (κ1) is 13.0. The van der Waals surface area contributed by atoms with Crippen molar-refractivity contribution in [1.82, 2.24) is 5.32 Å². The minimum atomic E-state index is -0.143. The topological polar surface area (TPSA) is 64.0 Å². The highest BCUT2D eigenvalue weighted by Crippen LogP contribution is 2.35. The molecule has 0 aromatic heterocycles. The summed E-state index contributed by atoms with van der Waals surface area (Å²) >= 11 is 0. The summed E-state index contributed by atoms with van der Waals surface area (Å²) in [6.45, 7) is 4.46. The number of hydrogen-bond acceptors (Lipinski definition) is 3. The fourth-order valence-corrected chi connectivity index (χ4v) is 3.34. The second-order valence-electron chi connectivity index (χ2n) is 5.69. The number of azide groups is 1. The Morgan fingerprint density at radius 1 is 1.40 bits per heavy atom. The van der Waals surface area contributed by atoms with E-state index in [1.807, 2.05) is 6.07 Å². The van der Waals surface area contributed by atoms with Crippen molar-refractivity contribution < 1.29 is 0 Å². The number of anilines is 1. The highest BCUT2D eigenvalue weighted by molar-refractivity contribution is 5.49. The summed E-state index contributed by atoms with van der Waals surface area (Å²) < 4.78 is 0. The predicted octanol–water partition coefficient (Wildman–Crippen LogP) is 2.72. The summed E-state index contributed by atoms with van der Waals surface area (Å²) in [7, 11) is 0. The van der Waals surface area contributed by atoms with Crippen molar-refractivity contribution in [3.8, 4) is 0 Å². The summed E-state index contributed by atoms with van der Waals surface area (Å²) in [4.78, 5) is 5.32. The number of para-hydroxylation sites is 1. The van der Waals surface area contributed by atoms with E-state index in [0.29, 0.717) is 18.5 Å². The third-order valence-electron chi connectivity index (χ3n) is 4.28. The van der Waals surface area contributed by atoms with E-state index < -0.39 is 0 Å². The Balaban J connectivity index is 1.89. The molecule has 1 aromatic carbocycles. The van der Waals surface area contributed by atoms with Crippen LogP contribution in [0.1, 0.15) is 6.92 Å². The minimum absolute atomic E-state index is 0.143. The monoisotopic (exact) mass is 269 g/mol. The fraction of sp³-hybridized carbons (Fsp3) is 0.467. The van der Waals surface area contributed by atoms with Gasteiger partial charge < -0.3 is 10.2 Å². The summed E-state index contributed by atoms with van der Waals surface area (Å²) in [5, 5.41) is 7.48. The van der Waals surface area contributed by atoms with Crippen molar-refractivity contribution in [2.45, 2.75) is 18.5 Å². The molecule has 0 amide bonds. The minimum Gasteiger partial charge on any atom is -0.369 e. The highest BCUT2D eigenvalue weighted by Gasteiger charge is 2.46. The number of nitrogens with one attached hydrogen (secondary N) is 1. The molecule has 3 rings (SSSR count). The Hall–Kier alpha value is -1.97. The highest BCUT2D eigenvalue weighted by atomic mass is 15.3. The van der Waals surface area contributed by atoms with E-state index in [4.69, 9.17) is 5.53 Å². The third-order valence-corrected chi connectivity index (χ3v) is 4.28. The van der Waals surface area contributed by atoms with Gasteiger partial charge in [0.05, 0.1) is 0 Å². The van der Waals surface area contributed by atoms with Crippen molar-refractivity contribution in [3.05, 3.63) is 52.9 Å². The average Bonchev–Trinajstić information content (AvgIpc) is 2.85. The third kappa shape index (κ3) is 2.26. The molecule has 1 saturated heterocycles. The molecule has 0 radical (unpaired) electrons. The molecule has 1 aromatic rings. The number of benzene rings is 1. The first-order chi connectivity index (χ1) is 9.73. The summed E-state index contributed by atoms with van der Waals surface area (Å²) in [5.41, 5.74) is 9.75. The van der Waals surface area contributed by atoms with Gasteiger partial charge in [0.1, 0.15) is 0 Å². The Kier molecular flexibility index (Phi) is 3.38. The lowest BCUT2D eigenvalue weighted by Crippen LogP contribution is -2.58. The SMILES string of the molecule is C[C@@H]1C=C[C@@H]2CN(c3ccccc3)C[C@@]2(CN=[N+]=[N-])N1. The second-order valence-corrected chi connectivity index (χ2v) is 5.69. The van der Waals surface area contributed by atoms with E-state index in [1.165, 1.54) is 5.69 Å². The Morgan fingerprint density at radius 3 is 2.95 bits per heavy atom. The van der Waals surface area contributed by atoms with Crippen LogP contribution >= 0.6 is 0 Å². The summed E-state index contributed by atoms with van der Waals surface area (Å²) in [5.74, 6) is 0.379. The lowest BCUT2D eigenvalue weighted by molar-refractivity contribution is 0.283. The number of nitrogens with zero attached hydrogens (tertiary/aromatic N) is 4. The Morgan fingerprint density at radius 2 is 2.20 bits per heavy atom. The molecule has 0 bridgehead atoms. The zero-order valence-corrected chi connectivity index (χ0v) is 11.6. The van der Waals surface area contributed by atoms with Gasteiger partial charge in [0.25, 0.3) is 0 Å². The molecule has 2 heterocycles. The average molecular weight is 269 g/mol. The van der Waals surface area contributed by atoms with Gasteiger partial charge in [-0.25, -0.2) is 0 Å². The van der Waals surface area contributed by atoms with Gasteiger partial charge in [0.2, 0.25) is 0 Å². The van der Waals surface area contributed by atoms with Crippen molar-refractivity contribution in [2.24, 2.45) is 11.0 Å². The molecule has 2 aliphatic heterocycles. The molecule has 1 fully saturated rings. The summed E-state index contributed by atoms with van der Waals surface area (Å²) in [6.07, 6.45) is 4.48. The standard InChI is InChI=1S/C15H19N5/c1-12-7-8-13-9-20(14-5-3-2-4-6-14)11-15(13,18-12)10-17-19-16/h2-8,12-13,18H,9-11H2,1H3/t12-,13-,15-/m1/s1. The number of fused-ring (bicyclic) bond motifs is 1. The van der Waals surface area contributed by atoms with E-state index in [9.17, 15) is 0 Å². The van der Waals surface area contributed by atoms with Crippen LogP contribution in [-0.2, 0) is 0 Å². The van der Waals surface area contributed by atoms with Gasteiger partial charge in [-0.15, -0.1) is 0 Å². The molecule has 0 spiro atoms. The lowest BCUT2D eigenvalue weighted by atomic mass is 9.83. The van der Waals surface area contributed by atoms with Gasteiger partial charge in [-0.05, 0) is 24.6 Å². The zero-order chi connectivity index (χ0) is 14.0. The molecule has 2 aliphatic rings. The van der Waals surface area contributed by atoms with E-state index in [1.54, 1.807) is 0 Å². The Labute approximate surface area is 118 Å². The molecular weight excluding hydrogens is 250 g/mol. The van der Waals surface area contributed by atoms with Crippen LogP contribution in [0.2, 0.25) is 0 Å². The molecule has 5 nitrogen and oxygen atoms in total. The molecule has 0 saturated carbocycles. The number of hydrogen-bond donors (Lipinski definition) is 1. The molecule has 0 aliphatic carbocycles. The molecule has 3 atom stereocenters. The maximum Gasteiger partial charge on any atom is 0.0498 e. The smallest absolute Gasteiger partial charge is 0.0498 e. The maximum absolute atomic E-state index is 8.66. The van der Waals surface area contributed by atoms with Gasteiger partial charge in [-0.3, -0.25) is 0 Å². The van der Waals surface area contributed by atoms with Crippen LogP contribution in [0.15, 0.2) is 47.6 Å². The molecular formula is C15H19N5. The first-order valence-electron chi connectivity index (χ1n) is 7.00.